The summed E-state index contributed by atoms with van der Waals surface area (Å²) in [6.07, 6.45) is 1.65. The van der Waals surface area contributed by atoms with Crippen molar-refractivity contribution in [3.63, 3.8) is 0 Å². The van der Waals surface area contributed by atoms with Gasteiger partial charge in [-0.25, -0.2) is 0 Å². The van der Waals surface area contributed by atoms with E-state index in [1.807, 2.05) is 65.6 Å². The number of carbonyl (C=O) groups is 2. The molecule has 1 fully saturated rings. The highest BCUT2D eigenvalue weighted by atomic mass is 16.2. The summed E-state index contributed by atoms with van der Waals surface area (Å²) in [5.41, 5.74) is 2.18. The summed E-state index contributed by atoms with van der Waals surface area (Å²) in [5, 5.41) is 2.95. The van der Waals surface area contributed by atoms with E-state index in [1.165, 1.54) is 0 Å². The number of hydrogen-bond donors (Lipinski definition) is 1. The highest BCUT2D eigenvalue weighted by Crippen LogP contribution is 2.23. The molecule has 0 aliphatic carbocycles. The van der Waals surface area contributed by atoms with Crippen molar-refractivity contribution >= 4 is 11.8 Å². The molecule has 0 radical (unpaired) electrons. The number of rotatable bonds is 6. The molecule has 0 bridgehead atoms. The first-order chi connectivity index (χ1) is 11.7. The van der Waals surface area contributed by atoms with Gasteiger partial charge in [-0.15, -0.1) is 0 Å². The third kappa shape index (κ3) is 4.22. The minimum Gasteiger partial charge on any atom is -0.352 e. The zero-order valence-electron chi connectivity index (χ0n) is 13.7. The zero-order chi connectivity index (χ0) is 16.8. The van der Waals surface area contributed by atoms with E-state index in [-0.39, 0.29) is 17.9 Å². The molecule has 1 N–H and O–H groups in total. The van der Waals surface area contributed by atoms with Crippen LogP contribution in [0, 0.1) is 0 Å². The van der Waals surface area contributed by atoms with Gasteiger partial charge in [0.05, 0.1) is 0 Å². The van der Waals surface area contributed by atoms with E-state index in [0.29, 0.717) is 25.9 Å². The Morgan fingerprint density at radius 2 is 1.62 bits per heavy atom. The molecule has 2 aromatic rings. The lowest BCUT2D eigenvalue weighted by atomic mass is 10.1. The lowest BCUT2D eigenvalue weighted by molar-refractivity contribution is -0.130. The van der Waals surface area contributed by atoms with Gasteiger partial charge in [0.15, 0.2) is 0 Å². The second-order valence-electron chi connectivity index (χ2n) is 6.17. The van der Waals surface area contributed by atoms with Crippen LogP contribution in [-0.2, 0) is 22.7 Å². The Kier molecular flexibility index (Phi) is 5.26. The molecule has 1 saturated heterocycles. The van der Waals surface area contributed by atoms with E-state index in [4.69, 9.17) is 0 Å². The van der Waals surface area contributed by atoms with Crippen LogP contribution in [0.2, 0.25) is 0 Å². The van der Waals surface area contributed by atoms with Gasteiger partial charge >= 0.3 is 0 Å². The molecule has 0 spiro atoms. The number of benzene rings is 2. The number of likely N-dealkylation sites (tertiary alicyclic amines) is 1. The Bertz CT molecular complexity index is 685. The van der Waals surface area contributed by atoms with Gasteiger partial charge in [0.2, 0.25) is 11.8 Å². The third-order valence-electron chi connectivity index (χ3n) is 4.40. The maximum atomic E-state index is 12.2. The van der Waals surface area contributed by atoms with Crippen LogP contribution in [0.3, 0.4) is 0 Å². The monoisotopic (exact) mass is 322 g/mol. The topological polar surface area (TPSA) is 49.4 Å². The lowest BCUT2D eigenvalue weighted by Crippen LogP contribution is -2.36. The first kappa shape index (κ1) is 16.2. The molecular weight excluding hydrogens is 300 g/mol. The minimum atomic E-state index is -0.00604. The van der Waals surface area contributed by atoms with E-state index < -0.39 is 0 Å². The van der Waals surface area contributed by atoms with E-state index in [1.54, 1.807) is 0 Å². The Morgan fingerprint density at radius 3 is 2.29 bits per heavy atom. The predicted octanol–water partition coefficient (Wildman–Crippen LogP) is 2.88. The smallest absolute Gasteiger partial charge is 0.223 e. The third-order valence-corrected chi connectivity index (χ3v) is 4.40. The SMILES string of the molecule is O=C(CC1CCC(=O)N1Cc1ccccc1)NCc1ccccc1. The fourth-order valence-electron chi connectivity index (χ4n) is 3.09. The van der Waals surface area contributed by atoms with Gasteiger partial charge in [0, 0.05) is 32.0 Å². The van der Waals surface area contributed by atoms with E-state index in [2.05, 4.69) is 5.32 Å². The van der Waals surface area contributed by atoms with Crippen molar-refractivity contribution in [2.45, 2.75) is 38.4 Å². The molecule has 1 aliphatic rings. The summed E-state index contributed by atoms with van der Waals surface area (Å²) < 4.78 is 0. The second-order valence-corrected chi connectivity index (χ2v) is 6.17. The number of nitrogens with zero attached hydrogens (tertiary/aromatic N) is 1. The molecule has 1 unspecified atom stereocenters. The second kappa shape index (κ2) is 7.77. The first-order valence-electron chi connectivity index (χ1n) is 8.36. The quantitative estimate of drug-likeness (QED) is 0.889. The Hall–Kier alpha value is -2.62. The van der Waals surface area contributed by atoms with Gasteiger partial charge in [0.1, 0.15) is 0 Å². The zero-order valence-corrected chi connectivity index (χ0v) is 13.7. The summed E-state index contributed by atoms with van der Waals surface area (Å²) in [6.45, 7) is 1.11. The number of hydrogen-bond acceptors (Lipinski definition) is 2. The maximum absolute atomic E-state index is 12.2. The summed E-state index contributed by atoms with van der Waals surface area (Å²) in [6, 6.07) is 19.8. The molecule has 0 saturated carbocycles. The summed E-state index contributed by atoms with van der Waals surface area (Å²) in [4.78, 5) is 26.2. The molecular formula is C20H22N2O2. The highest BCUT2D eigenvalue weighted by Gasteiger charge is 2.32. The average molecular weight is 322 g/mol. The fraction of sp³-hybridized carbons (Fsp3) is 0.300. The molecule has 2 amide bonds. The Labute approximate surface area is 142 Å². The van der Waals surface area contributed by atoms with Crippen LogP contribution in [0.15, 0.2) is 60.7 Å². The average Bonchev–Trinajstić information content (AvgIpc) is 2.95. The summed E-state index contributed by atoms with van der Waals surface area (Å²) >= 11 is 0. The van der Waals surface area contributed by atoms with Gasteiger partial charge in [-0.2, -0.15) is 0 Å². The van der Waals surface area contributed by atoms with E-state index in [9.17, 15) is 9.59 Å². The molecule has 4 nitrogen and oxygen atoms in total. The standard InChI is InChI=1S/C20H22N2O2/c23-19(21-14-16-7-3-1-4-8-16)13-18-11-12-20(24)22(18)15-17-9-5-2-6-10-17/h1-10,18H,11-15H2,(H,21,23). The van der Waals surface area contributed by atoms with Crippen molar-refractivity contribution < 1.29 is 9.59 Å². The Morgan fingerprint density at radius 1 is 1.00 bits per heavy atom. The largest absolute Gasteiger partial charge is 0.352 e. The molecule has 1 heterocycles. The molecule has 3 rings (SSSR count). The lowest BCUT2D eigenvalue weighted by Gasteiger charge is -2.24. The number of nitrogens with one attached hydrogen (secondary N) is 1. The van der Waals surface area contributed by atoms with Crippen LogP contribution in [0.25, 0.3) is 0 Å². The minimum absolute atomic E-state index is 0.00313. The van der Waals surface area contributed by atoms with Gasteiger partial charge in [-0.1, -0.05) is 60.7 Å². The first-order valence-corrected chi connectivity index (χ1v) is 8.36. The van der Waals surface area contributed by atoms with E-state index >= 15 is 0 Å². The van der Waals surface area contributed by atoms with Gasteiger partial charge < -0.3 is 10.2 Å². The van der Waals surface area contributed by atoms with Crippen molar-refractivity contribution in [1.29, 1.82) is 0 Å². The summed E-state index contributed by atoms with van der Waals surface area (Å²) in [5.74, 6) is 0.135. The molecule has 124 valence electrons. The number of carbonyl (C=O) groups excluding carboxylic acids is 2. The van der Waals surface area contributed by atoms with Crippen LogP contribution in [0.5, 0.6) is 0 Å². The molecule has 1 atom stereocenters. The van der Waals surface area contributed by atoms with Crippen LogP contribution in [0.4, 0.5) is 0 Å². The normalized spacial score (nSPS) is 17.1. The van der Waals surface area contributed by atoms with Crippen LogP contribution in [-0.4, -0.2) is 22.8 Å². The molecule has 24 heavy (non-hydrogen) atoms. The Balaban J connectivity index is 1.55. The van der Waals surface area contributed by atoms with Gasteiger partial charge in [-0.05, 0) is 17.5 Å². The van der Waals surface area contributed by atoms with Gasteiger partial charge in [-0.3, -0.25) is 9.59 Å². The molecule has 1 aliphatic heterocycles. The predicted molar refractivity (Wildman–Crippen MR) is 92.9 cm³/mol. The van der Waals surface area contributed by atoms with Crippen LogP contribution in [0.1, 0.15) is 30.4 Å². The van der Waals surface area contributed by atoms with Crippen molar-refractivity contribution in [2.75, 3.05) is 0 Å². The van der Waals surface area contributed by atoms with Crippen LogP contribution < -0.4 is 5.32 Å². The van der Waals surface area contributed by atoms with Crippen molar-refractivity contribution in [3.8, 4) is 0 Å². The number of amides is 2. The van der Waals surface area contributed by atoms with E-state index in [0.717, 1.165) is 17.5 Å². The maximum Gasteiger partial charge on any atom is 0.223 e. The molecule has 0 aromatic heterocycles. The fourth-order valence-corrected chi connectivity index (χ4v) is 3.09. The molecule has 4 heteroatoms. The highest BCUT2D eigenvalue weighted by molar-refractivity contribution is 5.82. The van der Waals surface area contributed by atoms with Crippen LogP contribution >= 0.6 is 0 Å². The van der Waals surface area contributed by atoms with Crippen molar-refractivity contribution in [2.24, 2.45) is 0 Å². The van der Waals surface area contributed by atoms with Crippen molar-refractivity contribution in [1.82, 2.24) is 10.2 Å². The molecule has 2 aromatic carbocycles. The van der Waals surface area contributed by atoms with Crippen molar-refractivity contribution in [3.05, 3.63) is 71.8 Å². The van der Waals surface area contributed by atoms with Gasteiger partial charge in [0.25, 0.3) is 0 Å². The summed E-state index contributed by atoms with van der Waals surface area (Å²) in [7, 11) is 0.